The number of ketones is 1. The Balaban J connectivity index is 0.000000186. The van der Waals surface area contributed by atoms with Crippen molar-refractivity contribution in [1.82, 2.24) is 24.2 Å². The van der Waals surface area contributed by atoms with Crippen LogP contribution in [0.3, 0.4) is 0 Å². The number of benzene rings is 3. The quantitative estimate of drug-likeness (QED) is 0.0868. The van der Waals surface area contributed by atoms with E-state index in [-0.39, 0.29) is 27.8 Å². The van der Waals surface area contributed by atoms with E-state index >= 15 is 0 Å². The fourth-order valence-electron chi connectivity index (χ4n) is 6.09. The van der Waals surface area contributed by atoms with Crippen molar-refractivity contribution in [3.05, 3.63) is 184 Å². The van der Waals surface area contributed by atoms with Crippen LogP contribution in [0.4, 0.5) is 0 Å². The van der Waals surface area contributed by atoms with Gasteiger partial charge in [0.1, 0.15) is 14.8 Å². The van der Waals surface area contributed by atoms with Crippen molar-refractivity contribution in [2.75, 3.05) is 14.2 Å². The number of hydroxylamine groups is 2. The first kappa shape index (κ1) is 38.2. The summed E-state index contributed by atoms with van der Waals surface area (Å²) in [5.74, 6) is -0.743. The molecule has 0 N–H and O–H groups in total. The molecule has 0 radical (unpaired) electrons. The van der Waals surface area contributed by atoms with Crippen molar-refractivity contribution in [2.45, 2.75) is 26.9 Å². The third kappa shape index (κ3) is 8.15. The number of pyridine rings is 4. The van der Waals surface area contributed by atoms with Gasteiger partial charge in [0.2, 0.25) is 10.9 Å². The molecule has 0 aliphatic heterocycles. The minimum absolute atomic E-state index is 0.0537. The van der Waals surface area contributed by atoms with Crippen LogP contribution in [0.1, 0.15) is 48.8 Å². The predicted octanol–water partition coefficient (Wildman–Crippen LogP) is 7.90. The molecule has 0 aliphatic carbocycles. The largest absolute Gasteiger partial charge is 0.340 e. The van der Waals surface area contributed by atoms with Gasteiger partial charge in [0.15, 0.2) is 5.78 Å². The standard InChI is InChI=1S/C24H19BrN2O2.C18H16BrN3O3/c1-15-7-5-10-18(16(15)2)23(28)20-14-27(13-17-8-6-12-22(25)26-17)21-11-4-3-9-19(21)24(20)29;1-21(25-2)18(24)14-11-22(10-12-6-5-9-16(19)20-12)15-8-4-3-7-13(15)17(14)23/h3-12,14H,13H2,1-2H3;3-9,11H,10H2,1-2H3. The van der Waals surface area contributed by atoms with Crippen LogP contribution < -0.4 is 10.9 Å². The molecular formula is C42H35Br2N5O5. The molecule has 0 saturated carbocycles. The van der Waals surface area contributed by atoms with Crippen LogP contribution in [0, 0.1) is 13.8 Å². The molecule has 0 unspecified atom stereocenters. The highest BCUT2D eigenvalue weighted by Crippen LogP contribution is 2.20. The molecule has 0 spiro atoms. The Labute approximate surface area is 327 Å². The van der Waals surface area contributed by atoms with Gasteiger partial charge in [0.25, 0.3) is 5.91 Å². The lowest BCUT2D eigenvalue weighted by atomic mass is 9.96. The van der Waals surface area contributed by atoms with Gasteiger partial charge in [-0.25, -0.2) is 15.0 Å². The van der Waals surface area contributed by atoms with Crippen LogP contribution in [0.2, 0.25) is 0 Å². The number of halogens is 2. The summed E-state index contributed by atoms with van der Waals surface area (Å²) in [4.78, 5) is 65.5. The molecule has 272 valence electrons. The highest BCUT2D eigenvalue weighted by Gasteiger charge is 2.21. The average Bonchev–Trinajstić information content (AvgIpc) is 3.17. The van der Waals surface area contributed by atoms with Crippen LogP contribution >= 0.6 is 31.9 Å². The van der Waals surface area contributed by atoms with Gasteiger partial charge < -0.3 is 9.13 Å². The molecule has 4 aromatic heterocycles. The number of hydrogen-bond donors (Lipinski definition) is 0. The van der Waals surface area contributed by atoms with Crippen molar-refractivity contribution in [2.24, 2.45) is 0 Å². The van der Waals surface area contributed by atoms with Crippen molar-refractivity contribution < 1.29 is 14.4 Å². The summed E-state index contributed by atoms with van der Waals surface area (Å²) in [6.45, 7) is 4.75. The first-order valence-corrected chi connectivity index (χ1v) is 18.5. The fourth-order valence-corrected chi connectivity index (χ4v) is 6.85. The second kappa shape index (κ2) is 16.6. The second-order valence-electron chi connectivity index (χ2n) is 12.5. The molecule has 0 saturated heterocycles. The molecule has 1 amide bonds. The van der Waals surface area contributed by atoms with E-state index in [4.69, 9.17) is 4.84 Å². The van der Waals surface area contributed by atoms with Crippen molar-refractivity contribution in [3.63, 3.8) is 0 Å². The number of aromatic nitrogens is 4. The minimum Gasteiger partial charge on any atom is -0.340 e. The molecule has 10 nitrogen and oxygen atoms in total. The van der Waals surface area contributed by atoms with Crippen LogP contribution in [0.5, 0.6) is 0 Å². The maximum atomic E-state index is 13.3. The number of carbonyl (C=O) groups excluding carboxylic acids is 2. The molecule has 7 aromatic rings. The molecule has 54 heavy (non-hydrogen) atoms. The third-order valence-corrected chi connectivity index (χ3v) is 9.95. The van der Waals surface area contributed by atoms with Gasteiger partial charge in [-0.2, -0.15) is 0 Å². The number of carbonyl (C=O) groups is 2. The number of nitrogens with zero attached hydrogens (tertiary/aromatic N) is 5. The zero-order chi connectivity index (χ0) is 38.5. The van der Waals surface area contributed by atoms with Gasteiger partial charge in [0, 0.05) is 35.8 Å². The van der Waals surface area contributed by atoms with Gasteiger partial charge >= 0.3 is 0 Å². The van der Waals surface area contributed by atoms with Crippen molar-refractivity contribution in [3.8, 4) is 0 Å². The molecule has 0 bridgehead atoms. The zero-order valence-corrected chi connectivity index (χ0v) is 33.1. The van der Waals surface area contributed by atoms with E-state index in [9.17, 15) is 19.2 Å². The summed E-state index contributed by atoms with van der Waals surface area (Å²) < 4.78 is 5.24. The third-order valence-electron chi connectivity index (χ3n) is 9.07. The summed E-state index contributed by atoms with van der Waals surface area (Å²) in [5, 5.41) is 2.04. The SMILES string of the molecule is CON(C)C(=O)c1cn(Cc2cccc(Br)n2)c2ccccc2c1=O.Cc1cccc(C(=O)c2cn(Cc3cccc(Br)n3)c3ccccc3c2=O)c1C. The Bertz CT molecular complexity index is 2670. The van der Waals surface area contributed by atoms with E-state index in [0.717, 1.165) is 47.8 Å². The molecule has 12 heteroatoms. The second-order valence-corrected chi connectivity index (χ2v) is 14.1. The lowest BCUT2D eigenvalue weighted by Crippen LogP contribution is -2.31. The monoisotopic (exact) mass is 847 g/mol. The van der Waals surface area contributed by atoms with Gasteiger partial charge in [-0.1, -0.05) is 54.6 Å². The van der Waals surface area contributed by atoms with E-state index in [2.05, 4.69) is 41.8 Å². The molecule has 3 aromatic carbocycles. The Morgan fingerprint density at radius 1 is 0.648 bits per heavy atom. The van der Waals surface area contributed by atoms with Gasteiger partial charge in [-0.05, 0) is 105 Å². The first-order chi connectivity index (χ1) is 26.0. The predicted molar refractivity (Wildman–Crippen MR) is 217 cm³/mol. The highest BCUT2D eigenvalue weighted by molar-refractivity contribution is 9.10. The van der Waals surface area contributed by atoms with Crippen LogP contribution in [-0.2, 0) is 17.9 Å². The molecule has 4 heterocycles. The Hall–Kier alpha value is -5.56. The Morgan fingerprint density at radius 3 is 1.65 bits per heavy atom. The topological polar surface area (TPSA) is 116 Å². The Kier molecular flexibility index (Phi) is 11.8. The van der Waals surface area contributed by atoms with Gasteiger partial charge in [-0.3, -0.25) is 24.0 Å². The number of rotatable bonds is 8. The lowest BCUT2D eigenvalue weighted by molar-refractivity contribution is -0.0758. The number of para-hydroxylation sites is 2. The van der Waals surface area contributed by atoms with Crippen LogP contribution in [0.15, 0.2) is 134 Å². The van der Waals surface area contributed by atoms with Gasteiger partial charge in [-0.15, -0.1) is 0 Å². The number of hydrogen-bond acceptors (Lipinski definition) is 7. The molecule has 0 fully saturated rings. The van der Waals surface area contributed by atoms with E-state index in [0.29, 0.717) is 29.4 Å². The fraction of sp³-hybridized carbons (Fsp3) is 0.143. The normalized spacial score (nSPS) is 10.9. The minimum atomic E-state index is -0.491. The van der Waals surface area contributed by atoms with E-state index in [1.165, 1.54) is 14.2 Å². The maximum Gasteiger partial charge on any atom is 0.282 e. The summed E-state index contributed by atoms with van der Waals surface area (Å²) >= 11 is 6.75. The summed E-state index contributed by atoms with van der Waals surface area (Å²) in [6.07, 6.45) is 3.22. The van der Waals surface area contributed by atoms with Crippen LogP contribution in [0.25, 0.3) is 21.8 Å². The average molecular weight is 850 g/mol. The zero-order valence-electron chi connectivity index (χ0n) is 29.9. The number of amides is 1. The summed E-state index contributed by atoms with van der Waals surface area (Å²) in [6, 6.07) is 31.5. The van der Waals surface area contributed by atoms with Crippen molar-refractivity contribution >= 4 is 65.4 Å². The number of aryl methyl sites for hydroxylation is 1. The van der Waals surface area contributed by atoms with Crippen molar-refractivity contribution in [1.29, 1.82) is 0 Å². The lowest BCUT2D eigenvalue weighted by Gasteiger charge is -2.16. The first-order valence-electron chi connectivity index (χ1n) is 16.9. The van der Waals surface area contributed by atoms with E-state index in [1.54, 1.807) is 36.7 Å². The summed E-state index contributed by atoms with van der Waals surface area (Å²) in [5.41, 5.74) is 5.30. The smallest absolute Gasteiger partial charge is 0.282 e. The number of fused-ring (bicyclic) bond motifs is 2. The van der Waals surface area contributed by atoms with Gasteiger partial charge in [0.05, 0.1) is 48.2 Å². The van der Waals surface area contributed by atoms with Crippen LogP contribution in [-0.4, -0.2) is 50.0 Å². The molecule has 0 atom stereocenters. The highest BCUT2D eigenvalue weighted by atomic mass is 79.9. The Morgan fingerprint density at radius 2 is 1.13 bits per heavy atom. The summed E-state index contributed by atoms with van der Waals surface area (Å²) in [7, 11) is 2.85. The van der Waals surface area contributed by atoms with E-state index in [1.807, 2.05) is 102 Å². The molecular weight excluding hydrogens is 814 g/mol. The molecule has 0 aliphatic rings. The molecule has 7 rings (SSSR count). The maximum absolute atomic E-state index is 13.3. The van der Waals surface area contributed by atoms with E-state index < -0.39 is 5.91 Å².